The molecule has 7 nitrogen and oxygen atoms in total. The van der Waals surface area contributed by atoms with E-state index < -0.39 is 34.8 Å². The Hall–Kier alpha value is -3.24. The van der Waals surface area contributed by atoms with Gasteiger partial charge in [0, 0.05) is 31.2 Å². The molecule has 0 amide bonds. The number of aromatic nitrogens is 3. The van der Waals surface area contributed by atoms with Crippen LogP contribution in [0.4, 0.5) is 24.5 Å². The summed E-state index contributed by atoms with van der Waals surface area (Å²) in [5.41, 5.74) is 7.03. The van der Waals surface area contributed by atoms with Crippen LogP contribution >= 0.6 is 0 Å². The van der Waals surface area contributed by atoms with E-state index in [1.165, 1.54) is 6.07 Å². The maximum atomic E-state index is 14.3. The standard InChI is InChI=1S/C22H23F3N6O/c1-12-10-31(11-17(26)22(12)32)19-4-5-27-9-18(19)29-6-13-2-3-14(23)21(30-13)20-15(24)7-28-8-16(20)25/h2-5,7-9,12,17,22,29,32H,6,10-11,26H2,1H3/t12-,17+,22+/m0/s1. The van der Waals surface area contributed by atoms with Gasteiger partial charge in [-0.15, -0.1) is 0 Å². The summed E-state index contributed by atoms with van der Waals surface area (Å²) in [6, 6.07) is 4.01. The van der Waals surface area contributed by atoms with Crippen molar-refractivity contribution in [2.75, 3.05) is 23.3 Å². The monoisotopic (exact) mass is 444 g/mol. The highest BCUT2D eigenvalue weighted by Gasteiger charge is 2.31. The average molecular weight is 444 g/mol. The number of piperidine rings is 1. The number of aliphatic hydroxyl groups excluding tert-OH is 1. The number of hydrogen-bond donors (Lipinski definition) is 3. The first-order valence-corrected chi connectivity index (χ1v) is 10.2. The molecule has 0 unspecified atom stereocenters. The minimum absolute atomic E-state index is 0.00811. The van der Waals surface area contributed by atoms with Crippen molar-refractivity contribution in [1.82, 2.24) is 15.0 Å². The van der Waals surface area contributed by atoms with Crippen LogP contribution in [0.25, 0.3) is 11.3 Å². The van der Waals surface area contributed by atoms with Crippen molar-refractivity contribution >= 4 is 11.4 Å². The zero-order valence-electron chi connectivity index (χ0n) is 17.3. The summed E-state index contributed by atoms with van der Waals surface area (Å²) in [7, 11) is 0. The highest BCUT2D eigenvalue weighted by Crippen LogP contribution is 2.30. The molecule has 168 valence electrons. The lowest BCUT2D eigenvalue weighted by atomic mass is 9.92. The molecule has 0 bridgehead atoms. The van der Waals surface area contributed by atoms with Crippen LogP contribution in [0.15, 0.2) is 43.0 Å². The van der Waals surface area contributed by atoms with Gasteiger partial charge in [0.2, 0.25) is 0 Å². The van der Waals surface area contributed by atoms with Crippen LogP contribution in [0, 0.1) is 23.4 Å². The van der Waals surface area contributed by atoms with E-state index in [9.17, 15) is 18.3 Å². The molecule has 1 aliphatic heterocycles. The zero-order valence-corrected chi connectivity index (χ0v) is 17.3. The minimum atomic E-state index is -0.992. The maximum absolute atomic E-state index is 14.3. The van der Waals surface area contributed by atoms with E-state index in [4.69, 9.17) is 5.73 Å². The molecule has 3 atom stereocenters. The number of rotatable bonds is 5. The molecule has 32 heavy (non-hydrogen) atoms. The number of aliphatic hydroxyl groups is 1. The number of pyridine rings is 3. The van der Waals surface area contributed by atoms with Crippen LogP contribution in [0.1, 0.15) is 12.6 Å². The summed E-state index contributed by atoms with van der Waals surface area (Å²) in [6.07, 6.45) is 4.36. The van der Waals surface area contributed by atoms with E-state index in [1.807, 2.05) is 13.0 Å². The SMILES string of the molecule is C[C@H]1CN(c2ccncc2NCc2ccc(F)c(-c3c(F)cncc3F)n2)C[C@@H](N)[C@@H]1O. The molecule has 3 aromatic heterocycles. The molecular formula is C22H23F3N6O. The van der Waals surface area contributed by atoms with Gasteiger partial charge in [-0.1, -0.05) is 6.92 Å². The summed E-state index contributed by atoms with van der Waals surface area (Å²) in [5, 5.41) is 13.3. The predicted octanol–water partition coefficient (Wildman–Crippen LogP) is 2.71. The molecule has 4 rings (SSSR count). The highest BCUT2D eigenvalue weighted by molar-refractivity contribution is 5.69. The van der Waals surface area contributed by atoms with Crippen LogP contribution in [0.3, 0.4) is 0 Å². The fourth-order valence-electron chi connectivity index (χ4n) is 3.89. The van der Waals surface area contributed by atoms with Crippen molar-refractivity contribution in [2.45, 2.75) is 25.6 Å². The number of nitrogens with zero attached hydrogens (tertiary/aromatic N) is 4. The Labute approximate surface area is 183 Å². The van der Waals surface area contributed by atoms with E-state index in [2.05, 4.69) is 25.2 Å². The number of halogens is 3. The second-order valence-corrected chi connectivity index (χ2v) is 7.89. The Morgan fingerprint density at radius 2 is 1.81 bits per heavy atom. The van der Waals surface area contributed by atoms with Gasteiger partial charge in [0.25, 0.3) is 0 Å². The lowest BCUT2D eigenvalue weighted by Crippen LogP contribution is -2.55. The van der Waals surface area contributed by atoms with Gasteiger partial charge in [-0.25, -0.2) is 18.2 Å². The molecule has 1 fully saturated rings. The van der Waals surface area contributed by atoms with Crippen molar-refractivity contribution in [3.63, 3.8) is 0 Å². The molecule has 4 N–H and O–H groups in total. The maximum Gasteiger partial charge on any atom is 0.153 e. The lowest BCUT2D eigenvalue weighted by Gasteiger charge is -2.40. The van der Waals surface area contributed by atoms with Crippen molar-refractivity contribution in [3.8, 4) is 11.3 Å². The largest absolute Gasteiger partial charge is 0.391 e. The lowest BCUT2D eigenvalue weighted by molar-refractivity contribution is 0.0785. The fourth-order valence-corrected chi connectivity index (χ4v) is 3.89. The Balaban J connectivity index is 1.57. The molecule has 0 aromatic carbocycles. The van der Waals surface area contributed by atoms with Gasteiger partial charge in [0.1, 0.15) is 11.5 Å². The molecule has 0 radical (unpaired) electrons. The summed E-state index contributed by atoms with van der Waals surface area (Å²) in [6.45, 7) is 3.20. The van der Waals surface area contributed by atoms with Gasteiger partial charge in [-0.3, -0.25) is 9.97 Å². The molecular weight excluding hydrogens is 421 g/mol. The van der Waals surface area contributed by atoms with Crippen molar-refractivity contribution < 1.29 is 18.3 Å². The third kappa shape index (κ3) is 4.37. The summed E-state index contributed by atoms with van der Waals surface area (Å²) >= 11 is 0. The van der Waals surface area contributed by atoms with Gasteiger partial charge in [-0.05, 0) is 18.2 Å². The first kappa shape index (κ1) is 22.0. The average Bonchev–Trinajstić information content (AvgIpc) is 2.77. The normalized spacial score (nSPS) is 20.9. The van der Waals surface area contributed by atoms with Crippen molar-refractivity contribution in [3.05, 3.63) is 66.1 Å². The van der Waals surface area contributed by atoms with E-state index in [1.54, 1.807) is 12.4 Å². The zero-order chi connectivity index (χ0) is 22.8. The molecule has 0 aliphatic carbocycles. The molecule has 3 aromatic rings. The van der Waals surface area contributed by atoms with Gasteiger partial charge in [-0.2, -0.15) is 0 Å². The Kier molecular flexibility index (Phi) is 6.24. The summed E-state index contributed by atoms with van der Waals surface area (Å²) in [4.78, 5) is 13.8. The smallest absolute Gasteiger partial charge is 0.153 e. The van der Waals surface area contributed by atoms with Crippen LogP contribution in [-0.4, -0.2) is 45.3 Å². The first-order chi connectivity index (χ1) is 15.3. The van der Waals surface area contributed by atoms with Gasteiger partial charge >= 0.3 is 0 Å². The highest BCUT2D eigenvalue weighted by atomic mass is 19.1. The third-order valence-corrected chi connectivity index (χ3v) is 5.55. The molecule has 10 heteroatoms. The van der Waals surface area contributed by atoms with Gasteiger partial charge < -0.3 is 21.1 Å². The Morgan fingerprint density at radius 3 is 2.53 bits per heavy atom. The molecule has 0 saturated carbocycles. The predicted molar refractivity (Wildman–Crippen MR) is 114 cm³/mol. The van der Waals surface area contributed by atoms with Gasteiger partial charge in [0.05, 0.1) is 53.9 Å². The van der Waals surface area contributed by atoms with E-state index in [0.717, 1.165) is 24.1 Å². The second-order valence-electron chi connectivity index (χ2n) is 7.89. The van der Waals surface area contributed by atoms with E-state index in [0.29, 0.717) is 24.5 Å². The number of nitrogens with two attached hydrogens (primary N) is 1. The topological polar surface area (TPSA) is 100 Å². The first-order valence-electron chi connectivity index (χ1n) is 10.2. The fraction of sp³-hybridized carbons (Fsp3) is 0.318. The third-order valence-electron chi connectivity index (χ3n) is 5.55. The molecule has 4 heterocycles. The number of hydrogen-bond acceptors (Lipinski definition) is 7. The van der Waals surface area contributed by atoms with Crippen molar-refractivity contribution in [1.29, 1.82) is 0 Å². The van der Waals surface area contributed by atoms with E-state index in [-0.39, 0.29) is 18.5 Å². The Morgan fingerprint density at radius 1 is 1.06 bits per heavy atom. The number of anilines is 2. The molecule has 1 saturated heterocycles. The van der Waals surface area contributed by atoms with Crippen LogP contribution in [0.5, 0.6) is 0 Å². The van der Waals surface area contributed by atoms with Crippen molar-refractivity contribution in [2.24, 2.45) is 11.7 Å². The van der Waals surface area contributed by atoms with Crippen LogP contribution in [-0.2, 0) is 6.54 Å². The quantitative estimate of drug-likeness (QED) is 0.556. The summed E-state index contributed by atoms with van der Waals surface area (Å²) in [5.74, 6) is -2.83. The second kappa shape index (κ2) is 9.09. The minimum Gasteiger partial charge on any atom is -0.391 e. The molecule has 1 aliphatic rings. The Bertz CT molecular complexity index is 1080. The van der Waals surface area contributed by atoms with E-state index >= 15 is 0 Å². The van der Waals surface area contributed by atoms with Crippen LogP contribution in [0.2, 0.25) is 0 Å². The van der Waals surface area contributed by atoms with Gasteiger partial charge in [0.15, 0.2) is 11.6 Å². The van der Waals surface area contributed by atoms with Crippen LogP contribution < -0.4 is 16.0 Å². The number of nitrogens with one attached hydrogen (secondary N) is 1. The molecule has 0 spiro atoms. The summed E-state index contributed by atoms with van der Waals surface area (Å²) < 4.78 is 42.5.